The van der Waals surface area contributed by atoms with Gasteiger partial charge >= 0.3 is 5.97 Å². The van der Waals surface area contributed by atoms with E-state index in [1.54, 1.807) is 0 Å². The van der Waals surface area contributed by atoms with Gasteiger partial charge in [0.2, 0.25) is 5.91 Å². The second kappa shape index (κ2) is 13.8. The van der Waals surface area contributed by atoms with Gasteiger partial charge in [-0.15, -0.1) is 0 Å². The van der Waals surface area contributed by atoms with Gasteiger partial charge in [0.1, 0.15) is 6.04 Å². The zero-order chi connectivity index (χ0) is 23.2. The van der Waals surface area contributed by atoms with Crippen molar-refractivity contribution in [3.05, 3.63) is 71.8 Å². The number of hydrogen-bond acceptors (Lipinski definition) is 4. The Bertz CT molecular complexity index is 854. The molecule has 2 aromatic carbocycles. The van der Waals surface area contributed by atoms with Crippen LogP contribution in [-0.2, 0) is 22.4 Å². The van der Waals surface area contributed by atoms with Crippen LogP contribution >= 0.6 is 0 Å². The summed E-state index contributed by atoms with van der Waals surface area (Å²) in [7, 11) is 0. The SMILES string of the molecule is NC(N)=NCCCC(NC(=O)[C@H](Cc1ccccc1)NCCCc1ccccc1)C(=O)O. The van der Waals surface area contributed by atoms with Crippen LogP contribution in [0.2, 0.25) is 0 Å². The molecule has 0 radical (unpaired) electrons. The number of amides is 1. The molecule has 172 valence electrons. The minimum atomic E-state index is -1.08. The van der Waals surface area contributed by atoms with Gasteiger partial charge in [-0.25, -0.2) is 4.79 Å². The predicted octanol–water partition coefficient (Wildman–Crippen LogP) is 1.44. The number of carboxylic acid groups (broad SMARTS) is 1. The zero-order valence-electron chi connectivity index (χ0n) is 18.2. The molecule has 0 aliphatic carbocycles. The summed E-state index contributed by atoms with van der Waals surface area (Å²) < 4.78 is 0. The van der Waals surface area contributed by atoms with E-state index in [0.717, 1.165) is 18.4 Å². The van der Waals surface area contributed by atoms with Crippen molar-refractivity contribution in [1.29, 1.82) is 0 Å². The van der Waals surface area contributed by atoms with E-state index in [-0.39, 0.29) is 18.3 Å². The lowest BCUT2D eigenvalue weighted by atomic mass is 10.0. The van der Waals surface area contributed by atoms with Gasteiger partial charge in [0.25, 0.3) is 0 Å². The lowest BCUT2D eigenvalue weighted by Gasteiger charge is -2.22. The molecule has 0 saturated carbocycles. The van der Waals surface area contributed by atoms with Crippen LogP contribution in [0, 0.1) is 0 Å². The van der Waals surface area contributed by atoms with Gasteiger partial charge in [-0.2, -0.15) is 0 Å². The van der Waals surface area contributed by atoms with Crippen molar-refractivity contribution in [2.45, 2.75) is 44.2 Å². The van der Waals surface area contributed by atoms with Gasteiger partial charge in [-0.3, -0.25) is 9.79 Å². The second-order valence-electron chi connectivity index (χ2n) is 7.63. The Morgan fingerprint density at radius 3 is 2.12 bits per heavy atom. The van der Waals surface area contributed by atoms with Crippen LogP contribution in [0.4, 0.5) is 0 Å². The molecule has 0 spiro atoms. The molecule has 0 saturated heterocycles. The third kappa shape index (κ3) is 9.61. The Morgan fingerprint density at radius 1 is 0.906 bits per heavy atom. The molecule has 2 rings (SSSR count). The van der Waals surface area contributed by atoms with E-state index < -0.39 is 18.1 Å². The molecule has 0 aliphatic rings. The molecule has 0 aromatic heterocycles. The highest BCUT2D eigenvalue weighted by Gasteiger charge is 2.25. The van der Waals surface area contributed by atoms with Gasteiger partial charge < -0.3 is 27.2 Å². The van der Waals surface area contributed by atoms with Crippen molar-refractivity contribution in [2.75, 3.05) is 13.1 Å². The number of rotatable bonds is 14. The maximum atomic E-state index is 13.0. The largest absolute Gasteiger partial charge is 0.480 e. The molecular formula is C24H33N5O3. The van der Waals surface area contributed by atoms with Crippen molar-refractivity contribution >= 4 is 17.8 Å². The number of carbonyl (C=O) groups excluding carboxylic acids is 1. The fourth-order valence-corrected chi connectivity index (χ4v) is 3.35. The number of benzene rings is 2. The first-order valence-electron chi connectivity index (χ1n) is 10.9. The monoisotopic (exact) mass is 439 g/mol. The Hall–Kier alpha value is -3.39. The zero-order valence-corrected chi connectivity index (χ0v) is 18.2. The molecule has 1 amide bonds. The molecule has 0 fully saturated rings. The van der Waals surface area contributed by atoms with Gasteiger partial charge in [0.05, 0.1) is 6.04 Å². The third-order valence-electron chi connectivity index (χ3n) is 5.03. The Labute approximate surface area is 189 Å². The van der Waals surface area contributed by atoms with E-state index in [4.69, 9.17) is 11.5 Å². The number of nitrogens with zero attached hydrogens (tertiary/aromatic N) is 1. The molecular weight excluding hydrogens is 406 g/mol. The van der Waals surface area contributed by atoms with Crippen molar-refractivity contribution in [3.63, 3.8) is 0 Å². The van der Waals surface area contributed by atoms with Gasteiger partial charge in [-0.05, 0) is 49.8 Å². The van der Waals surface area contributed by atoms with Crippen LogP contribution < -0.4 is 22.1 Å². The summed E-state index contributed by atoms with van der Waals surface area (Å²) in [5.41, 5.74) is 12.8. The topological polar surface area (TPSA) is 143 Å². The average Bonchev–Trinajstić information content (AvgIpc) is 2.78. The first-order chi connectivity index (χ1) is 15.5. The quantitative estimate of drug-likeness (QED) is 0.171. The molecule has 0 heterocycles. The van der Waals surface area contributed by atoms with Crippen molar-refractivity contribution in [1.82, 2.24) is 10.6 Å². The number of carbonyl (C=O) groups is 2. The van der Waals surface area contributed by atoms with Crippen LogP contribution in [0.1, 0.15) is 30.4 Å². The number of aliphatic imine (C=N–C) groups is 1. The molecule has 32 heavy (non-hydrogen) atoms. The number of carboxylic acids is 1. The maximum Gasteiger partial charge on any atom is 0.326 e. The van der Waals surface area contributed by atoms with Crippen LogP contribution in [-0.4, -0.2) is 48.1 Å². The average molecular weight is 440 g/mol. The molecule has 8 nitrogen and oxygen atoms in total. The molecule has 2 aromatic rings. The summed E-state index contributed by atoms with van der Waals surface area (Å²) in [4.78, 5) is 28.5. The smallest absolute Gasteiger partial charge is 0.326 e. The van der Waals surface area contributed by atoms with E-state index in [2.05, 4.69) is 27.8 Å². The summed E-state index contributed by atoms with van der Waals surface area (Å²) in [6.07, 6.45) is 2.92. The minimum Gasteiger partial charge on any atom is -0.480 e. The molecule has 2 atom stereocenters. The first kappa shape index (κ1) is 24.9. The van der Waals surface area contributed by atoms with E-state index >= 15 is 0 Å². The van der Waals surface area contributed by atoms with E-state index in [0.29, 0.717) is 25.9 Å². The van der Waals surface area contributed by atoms with Crippen LogP contribution in [0.15, 0.2) is 65.7 Å². The van der Waals surface area contributed by atoms with Gasteiger partial charge in [-0.1, -0.05) is 60.7 Å². The number of nitrogens with two attached hydrogens (primary N) is 2. The van der Waals surface area contributed by atoms with Crippen molar-refractivity contribution in [2.24, 2.45) is 16.5 Å². The maximum absolute atomic E-state index is 13.0. The molecule has 0 bridgehead atoms. The summed E-state index contributed by atoms with van der Waals surface area (Å²) >= 11 is 0. The number of aliphatic carboxylic acids is 1. The Balaban J connectivity index is 1.94. The second-order valence-corrected chi connectivity index (χ2v) is 7.63. The summed E-state index contributed by atoms with van der Waals surface area (Å²) in [5, 5.41) is 15.5. The lowest BCUT2D eigenvalue weighted by Crippen LogP contribution is -2.51. The highest BCUT2D eigenvalue weighted by molar-refractivity contribution is 5.87. The highest BCUT2D eigenvalue weighted by Crippen LogP contribution is 2.07. The van der Waals surface area contributed by atoms with E-state index in [1.165, 1.54) is 5.56 Å². The standard InChI is InChI=1S/C24H33N5O3/c25-24(26)28-16-8-14-20(23(31)32)29-22(30)21(17-19-11-5-2-6-12-19)27-15-7-13-18-9-3-1-4-10-18/h1-6,9-12,20-21,27H,7-8,13-17H2,(H,29,30)(H,31,32)(H4,25,26,28)/t20?,21-/m0/s1. The number of guanidine groups is 1. The van der Waals surface area contributed by atoms with E-state index in [1.807, 2.05) is 48.5 Å². The molecule has 8 heteroatoms. The number of hydrogen-bond donors (Lipinski definition) is 5. The molecule has 1 unspecified atom stereocenters. The fourth-order valence-electron chi connectivity index (χ4n) is 3.35. The molecule has 7 N–H and O–H groups in total. The Morgan fingerprint density at radius 2 is 1.53 bits per heavy atom. The summed E-state index contributed by atoms with van der Waals surface area (Å²) in [5.74, 6) is -1.45. The first-order valence-corrected chi connectivity index (χ1v) is 10.9. The highest BCUT2D eigenvalue weighted by atomic mass is 16.4. The fraction of sp³-hybridized carbons (Fsp3) is 0.375. The summed E-state index contributed by atoms with van der Waals surface area (Å²) in [6.45, 7) is 0.954. The molecule has 0 aliphatic heterocycles. The number of nitrogens with one attached hydrogen (secondary N) is 2. The van der Waals surface area contributed by atoms with Crippen LogP contribution in [0.3, 0.4) is 0 Å². The van der Waals surface area contributed by atoms with Crippen LogP contribution in [0.5, 0.6) is 0 Å². The lowest BCUT2D eigenvalue weighted by molar-refractivity contribution is -0.142. The normalized spacial score (nSPS) is 12.5. The van der Waals surface area contributed by atoms with Gasteiger partial charge in [0.15, 0.2) is 5.96 Å². The van der Waals surface area contributed by atoms with Gasteiger partial charge in [0, 0.05) is 6.54 Å². The summed E-state index contributed by atoms with van der Waals surface area (Å²) in [6, 6.07) is 18.3. The van der Waals surface area contributed by atoms with Crippen LogP contribution in [0.25, 0.3) is 0 Å². The third-order valence-corrected chi connectivity index (χ3v) is 5.03. The van der Waals surface area contributed by atoms with Crippen molar-refractivity contribution in [3.8, 4) is 0 Å². The van der Waals surface area contributed by atoms with Crippen molar-refractivity contribution < 1.29 is 14.7 Å². The van der Waals surface area contributed by atoms with E-state index in [9.17, 15) is 14.7 Å². The minimum absolute atomic E-state index is 0.0384. The predicted molar refractivity (Wildman–Crippen MR) is 126 cm³/mol. The Kier molecular flexibility index (Phi) is 10.7. The number of aryl methyl sites for hydroxylation is 1.